The van der Waals surface area contributed by atoms with E-state index >= 15 is 0 Å². The molecule has 1 heterocycles. The third-order valence-electron chi connectivity index (χ3n) is 2.06. The van der Waals surface area contributed by atoms with Gasteiger partial charge in [0.1, 0.15) is 23.3 Å². The maximum Gasteiger partial charge on any atom is 0.157 e. The molecule has 0 unspecified atom stereocenters. The Balaban J connectivity index is 2.23. The summed E-state index contributed by atoms with van der Waals surface area (Å²) >= 11 is 1.33. The van der Waals surface area contributed by atoms with Gasteiger partial charge in [-0.25, -0.2) is 14.4 Å². The summed E-state index contributed by atoms with van der Waals surface area (Å²) in [4.78, 5) is 9.07. The minimum Gasteiger partial charge on any atom is -0.384 e. The Labute approximate surface area is 108 Å². The molecule has 94 valence electrons. The predicted octanol–water partition coefficient (Wildman–Crippen LogP) is 2.50. The predicted molar refractivity (Wildman–Crippen MR) is 67.7 cm³/mol. The van der Waals surface area contributed by atoms with E-state index in [-0.39, 0.29) is 5.82 Å². The van der Waals surface area contributed by atoms with Crippen LogP contribution in [0.4, 0.5) is 10.2 Å². The first-order valence-electron chi connectivity index (χ1n) is 5.23. The molecule has 6 heteroatoms. The molecule has 0 saturated carbocycles. The first-order valence-corrected chi connectivity index (χ1v) is 6.05. The number of methoxy groups -OCH3 is 1. The van der Waals surface area contributed by atoms with Crippen molar-refractivity contribution in [2.45, 2.75) is 16.5 Å². The van der Waals surface area contributed by atoms with Crippen LogP contribution in [0, 0.1) is 5.82 Å². The van der Waals surface area contributed by atoms with Gasteiger partial charge in [-0.05, 0) is 18.2 Å². The van der Waals surface area contributed by atoms with Crippen LogP contribution in [0.5, 0.6) is 0 Å². The minimum atomic E-state index is -0.279. The Morgan fingerprint density at radius 3 is 2.89 bits per heavy atom. The highest BCUT2D eigenvalue weighted by atomic mass is 32.2. The molecular weight excluding hydrogens is 253 g/mol. The van der Waals surface area contributed by atoms with Gasteiger partial charge in [0.05, 0.1) is 0 Å². The molecule has 18 heavy (non-hydrogen) atoms. The van der Waals surface area contributed by atoms with Crippen molar-refractivity contribution in [2.24, 2.45) is 0 Å². The summed E-state index contributed by atoms with van der Waals surface area (Å²) in [5.74, 6) is 0.603. The van der Waals surface area contributed by atoms with E-state index in [4.69, 9.17) is 10.5 Å². The number of hydrogen-bond donors (Lipinski definition) is 1. The summed E-state index contributed by atoms with van der Waals surface area (Å²) in [6.07, 6.45) is 0. The lowest BCUT2D eigenvalue weighted by atomic mass is 10.4. The highest BCUT2D eigenvalue weighted by molar-refractivity contribution is 7.99. The van der Waals surface area contributed by atoms with Crippen molar-refractivity contribution >= 4 is 17.6 Å². The van der Waals surface area contributed by atoms with Gasteiger partial charge in [0.2, 0.25) is 0 Å². The first-order chi connectivity index (χ1) is 8.67. The van der Waals surface area contributed by atoms with Crippen LogP contribution in [0.3, 0.4) is 0 Å². The van der Waals surface area contributed by atoms with Gasteiger partial charge in [0.25, 0.3) is 0 Å². The highest BCUT2D eigenvalue weighted by Crippen LogP contribution is 2.27. The molecule has 0 fully saturated rings. The lowest BCUT2D eigenvalue weighted by molar-refractivity contribution is 0.177. The van der Waals surface area contributed by atoms with E-state index in [1.165, 1.54) is 23.9 Å². The second kappa shape index (κ2) is 5.79. The lowest BCUT2D eigenvalue weighted by Crippen LogP contribution is -2.01. The average Bonchev–Trinajstić information content (AvgIpc) is 2.28. The zero-order valence-corrected chi connectivity index (χ0v) is 10.6. The molecule has 0 radical (unpaired) electrons. The van der Waals surface area contributed by atoms with E-state index in [0.717, 1.165) is 4.90 Å². The van der Waals surface area contributed by atoms with E-state index in [1.807, 2.05) is 6.07 Å². The Morgan fingerprint density at radius 1 is 1.33 bits per heavy atom. The van der Waals surface area contributed by atoms with Crippen molar-refractivity contribution in [3.05, 3.63) is 42.0 Å². The molecular formula is C12H12FN3OS. The molecule has 4 nitrogen and oxygen atoms in total. The smallest absolute Gasteiger partial charge is 0.157 e. The van der Waals surface area contributed by atoms with Crippen molar-refractivity contribution in [3.8, 4) is 0 Å². The Kier molecular flexibility index (Phi) is 4.11. The molecule has 1 aromatic heterocycles. The molecule has 0 aliphatic heterocycles. The topological polar surface area (TPSA) is 61.0 Å². The Morgan fingerprint density at radius 2 is 2.17 bits per heavy atom. The van der Waals surface area contributed by atoms with Crippen molar-refractivity contribution in [1.82, 2.24) is 9.97 Å². The van der Waals surface area contributed by atoms with Gasteiger partial charge in [-0.15, -0.1) is 0 Å². The third kappa shape index (κ3) is 3.41. The van der Waals surface area contributed by atoms with Crippen LogP contribution in [0.1, 0.15) is 5.82 Å². The lowest BCUT2D eigenvalue weighted by Gasteiger charge is -2.05. The third-order valence-corrected chi connectivity index (χ3v) is 2.97. The fourth-order valence-electron chi connectivity index (χ4n) is 1.39. The molecule has 2 rings (SSSR count). The van der Waals surface area contributed by atoms with Crippen LogP contribution in [0.2, 0.25) is 0 Å². The van der Waals surface area contributed by atoms with Gasteiger partial charge < -0.3 is 10.5 Å². The largest absolute Gasteiger partial charge is 0.384 e. The van der Waals surface area contributed by atoms with Crippen LogP contribution in [0.25, 0.3) is 0 Å². The molecule has 1 aromatic carbocycles. The Hall–Kier alpha value is -1.66. The summed E-state index contributed by atoms with van der Waals surface area (Å²) in [6, 6.07) is 7.95. The van der Waals surface area contributed by atoms with Crippen LogP contribution in [-0.4, -0.2) is 17.1 Å². The molecule has 0 aliphatic rings. The fourth-order valence-corrected chi connectivity index (χ4v) is 2.28. The number of benzene rings is 1. The summed E-state index contributed by atoms with van der Waals surface area (Å²) in [5, 5.41) is 0.667. The number of nitrogens with zero attached hydrogens (tertiary/aromatic N) is 2. The zero-order chi connectivity index (χ0) is 13.0. The van der Waals surface area contributed by atoms with Crippen molar-refractivity contribution in [1.29, 1.82) is 0 Å². The summed E-state index contributed by atoms with van der Waals surface area (Å²) in [5.41, 5.74) is 5.68. The van der Waals surface area contributed by atoms with Gasteiger partial charge in [-0.2, -0.15) is 0 Å². The average molecular weight is 265 g/mol. The molecule has 0 aliphatic carbocycles. The molecule has 2 aromatic rings. The number of nitrogen functional groups attached to an aromatic ring is 1. The van der Waals surface area contributed by atoms with Crippen LogP contribution in [0.15, 0.2) is 40.3 Å². The van der Waals surface area contributed by atoms with E-state index in [1.54, 1.807) is 19.2 Å². The van der Waals surface area contributed by atoms with Crippen molar-refractivity contribution in [3.63, 3.8) is 0 Å². The summed E-state index contributed by atoms with van der Waals surface area (Å²) in [6.45, 7) is 0.293. The number of anilines is 1. The molecule has 0 bridgehead atoms. The van der Waals surface area contributed by atoms with Gasteiger partial charge in [-0.3, -0.25) is 0 Å². The number of nitrogens with two attached hydrogens (primary N) is 1. The normalized spacial score (nSPS) is 10.6. The van der Waals surface area contributed by atoms with Crippen LogP contribution < -0.4 is 5.73 Å². The fraction of sp³-hybridized carbons (Fsp3) is 0.167. The van der Waals surface area contributed by atoms with Gasteiger partial charge in [-0.1, -0.05) is 17.8 Å². The molecule has 0 amide bonds. The van der Waals surface area contributed by atoms with E-state index < -0.39 is 0 Å². The van der Waals surface area contributed by atoms with Gasteiger partial charge in [0, 0.05) is 18.1 Å². The van der Waals surface area contributed by atoms with E-state index in [2.05, 4.69) is 9.97 Å². The van der Waals surface area contributed by atoms with E-state index in [9.17, 15) is 4.39 Å². The monoisotopic (exact) mass is 265 g/mol. The number of rotatable bonds is 4. The SMILES string of the molecule is COCc1nc(N)cc(Sc2cccc(F)c2)n1. The molecule has 2 N–H and O–H groups in total. The number of aromatic nitrogens is 2. The quantitative estimate of drug-likeness (QED) is 0.861. The summed E-state index contributed by atoms with van der Waals surface area (Å²) in [7, 11) is 1.56. The zero-order valence-electron chi connectivity index (χ0n) is 9.76. The second-order valence-electron chi connectivity index (χ2n) is 3.54. The maximum atomic E-state index is 13.1. The Bertz CT molecular complexity index is 551. The maximum absolute atomic E-state index is 13.1. The van der Waals surface area contributed by atoms with Crippen molar-refractivity contribution in [2.75, 3.05) is 12.8 Å². The van der Waals surface area contributed by atoms with Crippen molar-refractivity contribution < 1.29 is 9.13 Å². The first kappa shape index (κ1) is 12.8. The standard InChI is InChI=1S/C12H12FN3OS/c1-17-7-11-15-10(14)6-12(16-11)18-9-4-2-3-8(13)5-9/h2-6H,7H2,1H3,(H2,14,15,16). The molecule has 0 atom stereocenters. The number of ether oxygens (including phenoxy) is 1. The number of halogens is 1. The minimum absolute atomic E-state index is 0.279. The highest BCUT2D eigenvalue weighted by Gasteiger charge is 2.05. The molecule has 0 saturated heterocycles. The van der Waals surface area contributed by atoms with E-state index in [0.29, 0.717) is 23.3 Å². The van der Waals surface area contributed by atoms with Gasteiger partial charge in [0.15, 0.2) is 5.82 Å². The van der Waals surface area contributed by atoms with Gasteiger partial charge >= 0.3 is 0 Å². The van der Waals surface area contributed by atoms with Crippen LogP contribution in [-0.2, 0) is 11.3 Å². The summed E-state index contributed by atoms with van der Waals surface area (Å²) < 4.78 is 18.0. The number of hydrogen-bond acceptors (Lipinski definition) is 5. The second-order valence-corrected chi connectivity index (χ2v) is 4.63. The molecule has 0 spiro atoms. The van der Waals surface area contributed by atoms with Crippen LogP contribution >= 0.6 is 11.8 Å².